The van der Waals surface area contributed by atoms with Gasteiger partial charge in [0.2, 0.25) is 5.91 Å². The number of hydrogen-bond donors (Lipinski definition) is 3. The highest BCUT2D eigenvalue weighted by atomic mass is 35.5. The van der Waals surface area contributed by atoms with E-state index in [-0.39, 0.29) is 17.8 Å². The molecular weight excluding hydrogens is 436 g/mol. The molecule has 1 aromatic carbocycles. The minimum atomic E-state index is -0.500. The van der Waals surface area contributed by atoms with Crippen LogP contribution in [-0.4, -0.2) is 28.8 Å². The third-order valence-corrected chi connectivity index (χ3v) is 7.01. The Hall–Kier alpha value is -2.84. The minimum Gasteiger partial charge on any atom is -0.333 e. The fourth-order valence-corrected chi connectivity index (χ4v) is 4.99. The van der Waals surface area contributed by atoms with Crippen LogP contribution in [0.1, 0.15) is 45.6 Å². The van der Waals surface area contributed by atoms with Crippen LogP contribution in [0.5, 0.6) is 0 Å². The van der Waals surface area contributed by atoms with E-state index in [0.717, 1.165) is 28.8 Å². The van der Waals surface area contributed by atoms with Gasteiger partial charge in [0.15, 0.2) is 0 Å². The van der Waals surface area contributed by atoms with E-state index >= 15 is 0 Å². The van der Waals surface area contributed by atoms with Crippen molar-refractivity contribution >= 4 is 46.5 Å². The molecule has 1 atom stereocenters. The van der Waals surface area contributed by atoms with Gasteiger partial charge in [-0.05, 0) is 49.4 Å². The molecular formula is C22H23ClN4O3S. The van der Waals surface area contributed by atoms with Crippen LogP contribution in [0.3, 0.4) is 0 Å². The van der Waals surface area contributed by atoms with Gasteiger partial charge < -0.3 is 20.9 Å². The summed E-state index contributed by atoms with van der Waals surface area (Å²) in [5.74, 6) is -0.315. The summed E-state index contributed by atoms with van der Waals surface area (Å²) >= 11 is 7.54. The number of carbonyl (C=O) groups is 3. The molecule has 162 valence electrons. The number of carbonyl (C=O) groups excluding carboxylic acids is 3. The highest BCUT2D eigenvalue weighted by Crippen LogP contribution is 2.34. The smallest absolute Gasteiger partial charge is 0.319 e. The third kappa shape index (κ3) is 4.45. The predicted octanol–water partition coefficient (Wildman–Crippen LogP) is 4.17. The molecule has 1 aromatic heterocycles. The number of amides is 4. The molecule has 0 saturated carbocycles. The molecule has 1 saturated heterocycles. The molecule has 2 aliphatic rings. The van der Waals surface area contributed by atoms with Crippen LogP contribution in [0.2, 0.25) is 5.02 Å². The summed E-state index contributed by atoms with van der Waals surface area (Å²) in [4.78, 5) is 40.2. The normalized spacial score (nSPS) is 18.5. The van der Waals surface area contributed by atoms with Crippen molar-refractivity contribution in [3.63, 3.8) is 0 Å². The van der Waals surface area contributed by atoms with Crippen molar-refractivity contribution < 1.29 is 14.4 Å². The zero-order chi connectivity index (χ0) is 22.1. The Kier molecular flexibility index (Phi) is 6.02. The third-order valence-electron chi connectivity index (χ3n) is 5.57. The molecule has 4 amide bonds. The van der Waals surface area contributed by atoms with Gasteiger partial charge in [0.05, 0.1) is 12.1 Å². The number of halogens is 1. The summed E-state index contributed by atoms with van der Waals surface area (Å²) < 4.78 is 0. The molecule has 9 heteroatoms. The van der Waals surface area contributed by atoms with Crippen LogP contribution in [0, 0.1) is 6.92 Å². The first kappa shape index (κ1) is 21.4. The summed E-state index contributed by atoms with van der Waals surface area (Å²) in [6.45, 7) is 6.39. The van der Waals surface area contributed by atoms with Gasteiger partial charge in [-0.3, -0.25) is 9.59 Å². The fraction of sp³-hybridized carbons (Fsp3) is 0.318. The number of aryl methyl sites for hydroxylation is 1. The van der Waals surface area contributed by atoms with Crippen LogP contribution in [-0.2, 0) is 17.9 Å². The molecule has 3 N–H and O–H groups in total. The van der Waals surface area contributed by atoms with E-state index in [9.17, 15) is 14.4 Å². The lowest BCUT2D eigenvalue weighted by molar-refractivity contribution is -0.124. The Morgan fingerprint density at radius 2 is 2.19 bits per heavy atom. The first-order valence-corrected chi connectivity index (χ1v) is 11.3. The molecule has 4 rings (SSSR count). The number of urea groups is 1. The lowest BCUT2D eigenvalue weighted by atomic mass is 10.1. The SMILES string of the molecule is C=C1CCC[C@H](N2Cc3c(csc3CNC(=O)Nc3ccc(C)c(Cl)c3)C2=O)C(=O)N1. The Labute approximate surface area is 189 Å². The van der Waals surface area contributed by atoms with Crippen LogP contribution in [0.4, 0.5) is 10.5 Å². The maximum absolute atomic E-state index is 12.9. The van der Waals surface area contributed by atoms with Crippen LogP contribution in [0.25, 0.3) is 0 Å². The number of rotatable bonds is 4. The monoisotopic (exact) mass is 458 g/mol. The molecule has 31 heavy (non-hydrogen) atoms. The number of hydrogen-bond acceptors (Lipinski definition) is 4. The van der Waals surface area contributed by atoms with Crippen molar-refractivity contribution in [2.75, 3.05) is 5.32 Å². The second kappa shape index (κ2) is 8.72. The molecule has 3 heterocycles. The number of thiophene rings is 1. The van der Waals surface area contributed by atoms with Crippen molar-refractivity contribution in [3.05, 3.63) is 62.4 Å². The zero-order valence-electron chi connectivity index (χ0n) is 17.1. The van der Waals surface area contributed by atoms with Gasteiger partial charge >= 0.3 is 6.03 Å². The highest BCUT2D eigenvalue weighted by Gasteiger charge is 2.39. The van der Waals surface area contributed by atoms with Crippen molar-refractivity contribution in [2.45, 2.75) is 45.3 Å². The number of nitrogens with zero attached hydrogens (tertiary/aromatic N) is 1. The van der Waals surface area contributed by atoms with Gasteiger partial charge in [-0.2, -0.15) is 0 Å². The average molecular weight is 459 g/mol. The highest BCUT2D eigenvalue weighted by molar-refractivity contribution is 7.10. The van der Waals surface area contributed by atoms with E-state index in [1.54, 1.807) is 22.4 Å². The molecule has 0 spiro atoms. The van der Waals surface area contributed by atoms with E-state index in [1.165, 1.54) is 11.3 Å². The van der Waals surface area contributed by atoms with Gasteiger partial charge in [-0.25, -0.2) is 4.79 Å². The summed E-state index contributed by atoms with van der Waals surface area (Å²) in [7, 11) is 0. The second-order valence-corrected chi connectivity index (χ2v) is 9.13. The van der Waals surface area contributed by atoms with Gasteiger partial charge in [-0.15, -0.1) is 11.3 Å². The number of anilines is 1. The summed E-state index contributed by atoms with van der Waals surface area (Å²) in [5.41, 5.74) is 3.72. The molecule has 2 aliphatic heterocycles. The van der Waals surface area contributed by atoms with Crippen molar-refractivity contribution in [1.29, 1.82) is 0 Å². The molecule has 1 fully saturated rings. The topological polar surface area (TPSA) is 90.5 Å². The van der Waals surface area contributed by atoms with E-state index in [4.69, 9.17) is 11.6 Å². The van der Waals surface area contributed by atoms with Crippen molar-refractivity contribution in [1.82, 2.24) is 15.5 Å². The Morgan fingerprint density at radius 3 is 2.97 bits per heavy atom. The number of benzene rings is 1. The minimum absolute atomic E-state index is 0.135. The summed E-state index contributed by atoms with van der Waals surface area (Å²) in [6.07, 6.45) is 2.14. The zero-order valence-corrected chi connectivity index (χ0v) is 18.7. The second-order valence-electron chi connectivity index (χ2n) is 7.76. The number of nitrogens with one attached hydrogen (secondary N) is 3. The first-order valence-electron chi connectivity index (χ1n) is 10.0. The molecule has 2 aromatic rings. The number of fused-ring (bicyclic) bond motifs is 1. The van der Waals surface area contributed by atoms with Gasteiger partial charge in [-0.1, -0.05) is 24.2 Å². The molecule has 0 bridgehead atoms. The standard InChI is InChI=1S/C22H23ClN4O3S/c1-12-6-7-14(8-17(12)23)26-22(30)24-9-19-15-10-27(21(29)16(15)11-31-19)18-5-3-4-13(2)25-20(18)28/h6-8,11,18H,2-5,9-10H2,1H3,(H,25,28)(H2,24,26,30)/t18-/m0/s1. The Balaban J connectivity index is 1.40. The summed E-state index contributed by atoms with van der Waals surface area (Å²) in [6, 6.07) is 4.46. The lowest BCUT2D eigenvalue weighted by Crippen LogP contribution is -2.45. The summed E-state index contributed by atoms with van der Waals surface area (Å²) in [5, 5.41) is 10.8. The molecule has 7 nitrogen and oxygen atoms in total. The van der Waals surface area contributed by atoms with Gasteiger partial charge in [0, 0.05) is 33.2 Å². The van der Waals surface area contributed by atoms with Crippen LogP contribution < -0.4 is 16.0 Å². The maximum atomic E-state index is 12.9. The maximum Gasteiger partial charge on any atom is 0.319 e. The average Bonchev–Trinajstić information content (AvgIpc) is 3.21. The first-order chi connectivity index (χ1) is 14.8. The predicted molar refractivity (Wildman–Crippen MR) is 121 cm³/mol. The van der Waals surface area contributed by atoms with E-state index in [0.29, 0.717) is 41.5 Å². The molecule has 0 aliphatic carbocycles. The quantitative estimate of drug-likeness (QED) is 0.642. The largest absolute Gasteiger partial charge is 0.333 e. The van der Waals surface area contributed by atoms with Gasteiger partial charge in [0.25, 0.3) is 5.91 Å². The lowest BCUT2D eigenvalue weighted by Gasteiger charge is -2.25. The molecule has 0 unspecified atom stereocenters. The van der Waals surface area contributed by atoms with E-state index < -0.39 is 6.04 Å². The van der Waals surface area contributed by atoms with Gasteiger partial charge in [0.1, 0.15) is 6.04 Å². The number of allylic oxidation sites excluding steroid dienone is 1. The van der Waals surface area contributed by atoms with Crippen LogP contribution in [0.15, 0.2) is 35.9 Å². The van der Waals surface area contributed by atoms with E-state index in [1.807, 2.05) is 13.0 Å². The van der Waals surface area contributed by atoms with Crippen molar-refractivity contribution in [3.8, 4) is 0 Å². The van der Waals surface area contributed by atoms with E-state index in [2.05, 4.69) is 22.5 Å². The molecule has 0 radical (unpaired) electrons. The van der Waals surface area contributed by atoms with Crippen LogP contribution >= 0.6 is 22.9 Å². The fourth-order valence-electron chi connectivity index (χ4n) is 3.84. The Bertz CT molecular complexity index is 1080. The van der Waals surface area contributed by atoms with Crippen molar-refractivity contribution in [2.24, 2.45) is 0 Å². The Morgan fingerprint density at radius 1 is 1.39 bits per heavy atom.